The highest BCUT2D eigenvalue weighted by Crippen LogP contribution is 2.28. The molecule has 0 amide bonds. The maximum Gasteiger partial charge on any atom is 0.161 e. The van der Waals surface area contributed by atoms with Crippen LogP contribution in [0, 0.1) is 23.3 Å². The molecule has 1 nitrogen and oxygen atoms in total. The van der Waals surface area contributed by atoms with Crippen molar-refractivity contribution in [1.82, 2.24) is 0 Å². The Morgan fingerprint density at radius 3 is 2.25 bits per heavy atom. The van der Waals surface area contributed by atoms with E-state index in [-0.39, 0.29) is 17.0 Å². The molecule has 0 aliphatic rings. The van der Waals surface area contributed by atoms with E-state index < -0.39 is 34.9 Å². The molecule has 0 fully saturated rings. The van der Waals surface area contributed by atoms with E-state index in [0.717, 1.165) is 6.07 Å². The molecule has 6 heteroatoms. The van der Waals surface area contributed by atoms with E-state index in [1.54, 1.807) is 0 Å². The third-order valence-electron chi connectivity index (χ3n) is 2.86. The number of rotatable bonds is 3. The van der Waals surface area contributed by atoms with Crippen molar-refractivity contribution in [2.24, 2.45) is 0 Å². The van der Waals surface area contributed by atoms with Crippen molar-refractivity contribution in [1.29, 1.82) is 0 Å². The van der Waals surface area contributed by atoms with Crippen LogP contribution in [0.3, 0.4) is 0 Å². The maximum atomic E-state index is 13.5. The molecule has 2 aromatic rings. The lowest BCUT2D eigenvalue weighted by Crippen LogP contribution is -2.08. The standard InChI is InChI=1S/C14H9ClF4O/c15-9-2-1-3-10(16)7(9)5-14(20)8-4-12(18)13(19)6-11(8)17/h1-4,6,14,20H,5H2. The van der Waals surface area contributed by atoms with Crippen molar-refractivity contribution in [2.45, 2.75) is 12.5 Å². The zero-order valence-electron chi connectivity index (χ0n) is 10.0. The van der Waals surface area contributed by atoms with Crippen LogP contribution in [-0.2, 0) is 6.42 Å². The van der Waals surface area contributed by atoms with Gasteiger partial charge < -0.3 is 5.11 Å². The summed E-state index contributed by atoms with van der Waals surface area (Å²) in [6.45, 7) is 0. The fourth-order valence-corrected chi connectivity index (χ4v) is 2.06. The molecule has 0 aliphatic heterocycles. The molecule has 0 saturated carbocycles. The first-order valence-corrected chi connectivity index (χ1v) is 6.03. The Morgan fingerprint density at radius 1 is 0.950 bits per heavy atom. The smallest absolute Gasteiger partial charge is 0.161 e. The maximum absolute atomic E-state index is 13.5. The third-order valence-corrected chi connectivity index (χ3v) is 3.21. The number of aliphatic hydroxyl groups excluding tert-OH is 1. The number of hydrogen-bond acceptors (Lipinski definition) is 1. The fraction of sp³-hybridized carbons (Fsp3) is 0.143. The van der Waals surface area contributed by atoms with Gasteiger partial charge in [0, 0.05) is 28.6 Å². The number of hydrogen-bond donors (Lipinski definition) is 1. The first-order chi connectivity index (χ1) is 9.40. The van der Waals surface area contributed by atoms with Crippen LogP contribution in [0.4, 0.5) is 17.6 Å². The van der Waals surface area contributed by atoms with Gasteiger partial charge in [-0.1, -0.05) is 17.7 Å². The van der Waals surface area contributed by atoms with Crippen molar-refractivity contribution in [3.63, 3.8) is 0 Å². The van der Waals surface area contributed by atoms with Crippen LogP contribution in [0.1, 0.15) is 17.2 Å². The lowest BCUT2D eigenvalue weighted by atomic mass is 10.0. The SMILES string of the molecule is OC(Cc1c(F)cccc1Cl)c1cc(F)c(F)cc1F. The van der Waals surface area contributed by atoms with E-state index in [2.05, 4.69) is 0 Å². The number of benzene rings is 2. The van der Waals surface area contributed by atoms with E-state index in [0.29, 0.717) is 12.1 Å². The molecular formula is C14H9ClF4O. The normalized spacial score (nSPS) is 12.5. The molecule has 1 atom stereocenters. The summed E-state index contributed by atoms with van der Waals surface area (Å²) in [6.07, 6.45) is -1.90. The van der Waals surface area contributed by atoms with Gasteiger partial charge in [0.1, 0.15) is 11.6 Å². The molecule has 1 unspecified atom stereocenters. The minimum Gasteiger partial charge on any atom is -0.388 e. The Hall–Kier alpha value is -1.59. The monoisotopic (exact) mass is 304 g/mol. The fourth-order valence-electron chi connectivity index (χ4n) is 1.82. The summed E-state index contributed by atoms with van der Waals surface area (Å²) < 4.78 is 52.9. The van der Waals surface area contributed by atoms with Gasteiger partial charge in [-0.05, 0) is 18.2 Å². The van der Waals surface area contributed by atoms with Gasteiger partial charge in [0.05, 0.1) is 6.10 Å². The molecule has 106 valence electrons. The first-order valence-electron chi connectivity index (χ1n) is 5.65. The second-order valence-corrected chi connectivity index (χ2v) is 4.62. The van der Waals surface area contributed by atoms with Crippen LogP contribution in [-0.4, -0.2) is 5.11 Å². The van der Waals surface area contributed by atoms with Gasteiger partial charge in [0.15, 0.2) is 11.6 Å². The number of halogens is 5. The molecule has 0 radical (unpaired) electrons. The largest absolute Gasteiger partial charge is 0.388 e. The van der Waals surface area contributed by atoms with Crippen LogP contribution >= 0.6 is 11.6 Å². The summed E-state index contributed by atoms with van der Waals surface area (Å²) >= 11 is 5.78. The Labute approximate surface area is 117 Å². The van der Waals surface area contributed by atoms with Gasteiger partial charge in [-0.2, -0.15) is 0 Å². The van der Waals surface area contributed by atoms with Crippen molar-refractivity contribution in [3.05, 3.63) is 69.8 Å². The summed E-state index contributed by atoms with van der Waals surface area (Å²) in [5, 5.41) is 9.93. The molecule has 2 aromatic carbocycles. The van der Waals surface area contributed by atoms with Gasteiger partial charge in [-0.25, -0.2) is 17.6 Å². The highest BCUT2D eigenvalue weighted by Gasteiger charge is 2.19. The lowest BCUT2D eigenvalue weighted by Gasteiger charge is -2.14. The van der Waals surface area contributed by atoms with Crippen molar-refractivity contribution in [2.75, 3.05) is 0 Å². The average molecular weight is 305 g/mol. The first kappa shape index (κ1) is 14.8. The highest BCUT2D eigenvalue weighted by molar-refractivity contribution is 6.31. The summed E-state index contributed by atoms with van der Waals surface area (Å²) in [4.78, 5) is 0. The van der Waals surface area contributed by atoms with Crippen molar-refractivity contribution in [3.8, 4) is 0 Å². The Bertz CT molecular complexity index is 625. The minimum atomic E-state index is -1.54. The molecular weight excluding hydrogens is 296 g/mol. The number of aliphatic hydroxyl groups is 1. The van der Waals surface area contributed by atoms with Crippen LogP contribution in [0.2, 0.25) is 5.02 Å². The predicted molar refractivity (Wildman–Crippen MR) is 66.4 cm³/mol. The minimum absolute atomic E-state index is 0.0224. The molecule has 2 rings (SSSR count). The van der Waals surface area contributed by atoms with Crippen LogP contribution in [0.25, 0.3) is 0 Å². The van der Waals surface area contributed by atoms with E-state index >= 15 is 0 Å². The third kappa shape index (κ3) is 2.94. The topological polar surface area (TPSA) is 20.2 Å². The zero-order valence-corrected chi connectivity index (χ0v) is 10.8. The van der Waals surface area contributed by atoms with Gasteiger partial charge in [0.25, 0.3) is 0 Å². The Balaban J connectivity index is 2.33. The molecule has 1 N–H and O–H groups in total. The predicted octanol–water partition coefficient (Wildman–Crippen LogP) is 4.17. The summed E-state index contributed by atoms with van der Waals surface area (Å²) in [5.74, 6) is -4.43. The van der Waals surface area contributed by atoms with Crippen molar-refractivity contribution >= 4 is 11.6 Å². The van der Waals surface area contributed by atoms with E-state index in [1.165, 1.54) is 12.1 Å². The highest BCUT2D eigenvalue weighted by atomic mass is 35.5. The molecule has 0 saturated heterocycles. The summed E-state index contributed by atoms with van der Waals surface area (Å²) in [7, 11) is 0. The molecule has 0 spiro atoms. The molecule has 0 bridgehead atoms. The van der Waals surface area contributed by atoms with Gasteiger partial charge >= 0.3 is 0 Å². The Kier molecular flexibility index (Phi) is 4.30. The second kappa shape index (κ2) is 5.81. The van der Waals surface area contributed by atoms with Crippen LogP contribution in [0.5, 0.6) is 0 Å². The molecule has 20 heavy (non-hydrogen) atoms. The average Bonchev–Trinajstić information content (AvgIpc) is 2.38. The molecule has 0 heterocycles. The van der Waals surface area contributed by atoms with Gasteiger partial charge in [0.2, 0.25) is 0 Å². The zero-order chi connectivity index (χ0) is 14.9. The quantitative estimate of drug-likeness (QED) is 0.666. The van der Waals surface area contributed by atoms with E-state index in [4.69, 9.17) is 11.6 Å². The van der Waals surface area contributed by atoms with Gasteiger partial charge in [-0.15, -0.1) is 0 Å². The van der Waals surface area contributed by atoms with Gasteiger partial charge in [-0.3, -0.25) is 0 Å². The molecule has 0 aromatic heterocycles. The van der Waals surface area contributed by atoms with Crippen molar-refractivity contribution < 1.29 is 22.7 Å². The summed E-state index contributed by atoms with van der Waals surface area (Å²) in [6, 6.07) is 4.80. The lowest BCUT2D eigenvalue weighted by molar-refractivity contribution is 0.171. The Morgan fingerprint density at radius 2 is 1.60 bits per heavy atom. The second-order valence-electron chi connectivity index (χ2n) is 4.21. The van der Waals surface area contributed by atoms with Crippen LogP contribution < -0.4 is 0 Å². The van der Waals surface area contributed by atoms with Crippen LogP contribution in [0.15, 0.2) is 30.3 Å². The molecule has 0 aliphatic carbocycles. The van der Waals surface area contributed by atoms with E-state index in [9.17, 15) is 22.7 Å². The summed E-state index contributed by atoms with van der Waals surface area (Å²) in [5.41, 5.74) is -0.478. The van der Waals surface area contributed by atoms with E-state index in [1.807, 2.05) is 0 Å².